The van der Waals surface area contributed by atoms with E-state index in [4.69, 9.17) is 4.74 Å². The third-order valence-corrected chi connectivity index (χ3v) is 5.28. The molecule has 140 valence electrons. The number of aryl methyl sites for hydroxylation is 2. The molecule has 1 saturated heterocycles. The fourth-order valence-electron chi connectivity index (χ4n) is 3.97. The lowest BCUT2D eigenvalue weighted by Gasteiger charge is -2.32. The summed E-state index contributed by atoms with van der Waals surface area (Å²) in [6.07, 6.45) is 3.62. The Morgan fingerprint density at radius 1 is 1.23 bits per heavy atom. The summed E-state index contributed by atoms with van der Waals surface area (Å²) in [4.78, 5) is 26.3. The van der Waals surface area contributed by atoms with Crippen LogP contribution in [0.15, 0.2) is 29.5 Å². The van der Waals surface area contributed by atoms with Crippen LogP contribution in [0.4, 0.5) is 4.79 Å². The van der Waals surface area contributed by atoms with Crippen LogP contribution < -0.4 is 15.5 Å². The Labute approximate surface area is 154 Å². The van der Waals surface area contributed by atoms with Crippen molar-refractivity contribution < 1.29 is 19.2 Å². The van der Waals surface area contributed by atoms with Crippen LogP contribution in [0.2, 0.25) is 0 Å². The number of hydrogen-bond donors (Lipinski definition) is 3. The molecule has 0 radical (unpaired) electrons. The largest absolute Gasteiger partial charge is 0.466 e. The van der Waals surface area contributed by atoms with Crippen molar-refractivity contribution in [3.8, 4) is 0 Å². The minimum Gasteiger partial charge on any atom is -0.466 e. The second kappa shape index (κ2) is 7.91. The molecule has 3 N–H and O–H groups in total. The Morgan fingerprint density at radius 2 is 1.96 bits per heavy atom. The summed E-state index contributed by atoms with van der Waals surface area (Å²) in [6.45, 7) is 6.80. The molecule has 6 heteroatoms. The molecule has 1 fully saturated rings. The molecule has 0 saturated carbocycles. The predicted molar refractivity (Wildman–Crippen MR) is 98.8 cm³/mol. The second-order valence-corrected chi connectivity index (χ2v) is 7.26. The molecule has 0 unspecified atom stereocenters. The summed E-state index contributed by atoms with van der Waals surface area (Å²) in [5, 5.41) is 5.77. The van der Waals surface area contributed by atoms with E-state index in [0.717, 1.165) is 29.8 Å². The van der Waals surface area contributed by atoms with E-state index in [0.29, 0.717) is 17.8 Å². The molecule has 1 aromatic rings. The molecule has 0 spiro atoms. The summed E-state index contributed by atoms with van der Waals surface area (Å²) < 4.78 is 5.06. The average molecular weight is 358 g/mol. The van der Waals surface area contributed by atoms with Gasteiger partial charge >= 0.3 is 12.0 Å². The smallest absolute Gasteiger partial charge is 0.338 e. The molecule has 0 aliphatic carbocycles. The molecule has 6 nitrogen and oxygen atoms in total. The number of quaternary nitrogens is 1. The molecule has 2 aliphatic rings. The van der Waals surface area contributed by atoms with Gasteiger partial charge in [-0.3, -0.25) is 0 Å². The van der Waals surface area contributed by atoms with Crippen LogP contribution in [0.3, 0.4) is 0 Å². The van der Waals surface area contributed by atoms with Crippen LogP contribution >= 0.6 is 0 Å². The van der Waals surface area contributed by atoms with Gasteiger partial charge in [0.1, 0.15) is 6.54 Å². The highest BCUT2D eigenvalue weighted by Gasteiger charge is 2.35. The number of urea groups is 1. The maximum Gasteiger partial charge on any atom is 0.338 e. The van der Waals surface area contributed by atoms with E-state index in [1.807, 2.05) is 26.0 Å². The Kier molecular flexibility index (Phi) is 5.61. The normalized spacial score (nSPS) is 21.2. The number of carbonyl (C=O) groups is 2. The lowest BCUT2D eigenvalue weighted by molar-refractivity contribution is -0.900. The van der Waals surface area contributed by atoms with Gasteiger partial charge in [-0.05, 0) is 44.2 Å². The third kappa shape index (κ3) is 3.90. The van der Waals surface area contributed by atoms with E-state index in [1.165, 1.54) is 31.3 Å². The summed E-state index contributed by atoms with van der Waals surface area (Å²) in [5.41, 5.74) is 4.31. The quantitative estimate of drug-likeness (QED) is 0.707. The van der Waals surface area contributed by atoms with Gasteiger partial charge in [-0.2, -0.15) is 0 Å². The molecule has 2 heterocycles. The van der Waals surface area contributed by atoms with Crippen LogP contribution in [-0.4, -0.2) is 38.7 Å². The molecule has 3 rings (SSSR count). The first-order valence-corrected chi connectivity index (χ1v) is 9.29. The lowest BCUT2D eigenvalue weighted by Crippen LogP contribution is -3.13. The highest BCUT2D eigenvalue weighted by atomic mass is 16.5. The molecule has 26 heavy (non-hydrogen) atoms. The topological polar surface area (TPSA) is 71.9 Å². The van der Waals surface area contributed by atoms with Gasteiger partial charge in [0.05, 0.1) is 37.5 Å². The number of ether oxygens (including phenoxy) is 1. The molecule has 0 aromatic heterocycles. The number of hydrogen-bond acceptors (Lipinski definition) is 3. The number of methoxy groups -OCH3 is 1. The average Bonchev–Trinajstić information content (AvgIpc) is 2.61. The van der Waals surface area contributed by atoms with Gasteiger partial charge in [0.15, 0.2) is 0 Å². The number of rotatable bonds is 4. The molecule has 2 aliphatic heterocycles. The minimum absolute atomic E-state index is 0.269. The monoisotopic (exact) mass is 358 g/mol. The van der Waals surface area contributed by atoms with Gasteiger partial charge in [0.25, 0.3) is 0 Å². The van der Waals surface area contributed by atoms with Crippen molar-refractivity contribution in [1.82, 2.24) is 10.6 Å². The van der Waals surface area contributed by atoms with Crippen molar-refractivity contribution in [3.63, 3.8) is 0 Å². The number of likely N-dealkylation sites (tertiary alicyclic amines) is 1. The summed E-state index contributed by atoms with van der Waals surface area (Å²) >= 11 is 0. The highest BCUT2D eigenvalue weighted by molar-refractivity contribution is 5.95. The van der Waals surface area contributed by atoms with Gasteiger partial charge in [0.2, 0.25) is 0 Å². The molecule has 2 amide bonds. The summed E-state index contributed by atoms with van der Waals surface area (Å²) in [5.74, 6) is -0.395. The lowest BCUT2D eigenvalue weighted by atomic mass is 9.91. The van der Waals surface area contributed by atoms with E-state index in [-0.39, 0.29) is 6.03 Å². The minimum atomic E-state index is -0.490. The number of benzene rings is 1. The van der Waals surface area contributed by atoms with E-state index in [2.05, 4.69) is 16.7 Å². The Balaban J connectivity index is 2.01. The number of carbonyl (C=O) groups excluding carboxylic acids is 2. The van der Waals surface area contributed by atoms with Gasteiger partial charge in [0, 0.05) is 0 Å². The van der Waals surface area contributed by atoms with Crippen LogP contribution in [0.25, 0.3) is 0 Å². The molecule has 1 atom stereocenters. The van der Waals surface area contributed by atoms with E-state index < -0.39 is 12.0 Å². The van der Waals surface area contributed by atoms with Crippen molar-refractivity contribution in [2.45, 2.75) is 39.2 Å². The highest BCUT2D eigenvalue weighted by Crippen LogP contribution is 2.29. The predicted octanol–water partition coefficient (Wildman–Crippen LogP) is 1.15. The second-order valence-electron chi connectivity index (χ2n) is 7.26. The van der Waals surface area contributed by atoms with Crippen molar-refractivity contribution in [2.24, 2.45) is 0 Å². The summed E-state index contributed by atoms with van der Waals surface area (Å²) in [7, 11) is 1.39. The van der Waals surface area contributed by atoms with Gasteiger partial charge < -0.3 is 20.3 Å². The van der Waals surface area contributed by atoms with Crippen molar-refractivity contribution >= 4 is 12.0 Å². The Hall–Kier alpha value is -2.34. The first-order valence-electron chi connectivity index (χ1n) is 9.29. The van der Waals surface area contributed by atoms with E-state index >= 15 is 0 Å². The Bertz CT molecular complexity index is 736. The van der Waals surface area contributed by atoms with Crippen molar-refractivity contribution in [3.05, 3.63) is 46.2 Å². The zero-order valence-corrected chi connectivity index (χ0v) is 15.8. The van der Waals surface area contributed by atoms with Crippen molar-refractivity contribution in [2.75, 3.05) is 26.7 Å². The molecular weight excluding hydrogens is 330 g/mol. The maximum atomic E-state index is 12.6. The zero-order valence-electron chi connectivity index (χ0n) is 15.8. The van der Waals surface area contributed by atoms with Crippen LogP contribution in [-0.2, 0) is 9.53 Å². The van der Waals surface area contributed by atoms with Gasteiger partial charge in [-0.25, -0.2) is 9.59 Å². The van der Waals surface area contributed by atoms with Gasteiger partial charge in [-0.1, -0.05) is 23.8 Å². The SMILES string of the molecule is COC(=O)C1=C(C[NH+]2CCCCC2)NC(=O)N[C@H]1c1ccc(C)cc1C. The van der Waals surface area contributed by atoms with E-state index in [9.17, 15) is 9.59 Å². The molecular formula is C20H28N3O3+. The van der Waals surface area contributed by atoms with Crippen molar-refractivity contribution in [1.29, 1.82) is 0 Å². The zero-order chi connectivity index (χ0) is 18.7. The number of nitrogens with one attached hydrogen (secondary N) is 3. The number of piperidine rings is 1. The number of esters is 1. The first kappa shape index (κ1) is 18.5. The summed E-state index contributed by atoms with van der Waals surface area (Å²) in [6, 6.07) is 5.29. The fraction of sp³-hybridized carbons (Fsp3) is 0.500. The number of amides is 2. The van der Waals surface area contributed by atoms with Crippen LogP contribution in [0.1, 0.15) is 42.0 Å². The van der Waals surface area contributed by atoms with E-state index in [1.54, 1.807) is 0 Å². The first-order chi connectivity index (χ1) is 12.5. The van der Waals surface area contributed by atoms with Crippen LogP contribution in [0.5, 0.6) is 0 Å². The Morgan fingerprint density at radius 3 is 2.62 bits per heavy atom. The standard InChI is InChI=1S/C20H27N3O3/c1-13-7-8-15(14(2)11-13)18-17(19(24)26-3)16(21-20(25)22-18)12-23-9-5-4-6-10-23/h7-8,11,18H,4-6,9-10,12H2,1-3H3,(H2,21,22,25)/p+1/t18-/m0/s1. The fourth-order valence-corrected chi connectivity index (χ4v) is 3.97. The molecule has 1 aromatic carbocycles. The third-order valence-electron chi connectivity index (χ3n) is 5.28. The van der Waals surface area contributed by atoms with Gasteiger partial charge in [-0.15, -0.1) is 0 Å². The molecule has 0 bridgehead atoms. The maximum absolute atomic E-state index is 12.6. The van der Waals surface area contributed by atoms with Crippen LogP contribution in [0, 0.1) is 13.8 Å².